The van der Waals surface area contributed by atoms with Gasteiger partial charge in [0.2, 0.25) is 5.91 Å². The Morgan fingerprint density at radius 2 is 2.22 bits per heavy atom. The van der Waals surface area contributed by atoms with Crippen LogP contribution in [-0.2, 0) is 17.6 Å². The van der Waals surface area contributed by atoms with E-state index >= 15 is 0 Å². The first kappa shape index (κ1) is 15.4. The number of H-pyrrole nitrogens is 2. The summed E-state index contributed by atoms with van der Waals surface area (Å²) in [6.45, 7) is 1.78. The molecule has 1 aliphatic carbocycles. The summed E-state index contributed by atoms with van der Waals surface area (Å²) in [5.74, 6) is 0.706. The first-order valence-electron chi connectivity index (χ1n) is 7.80. The lowest BCUT2D eigenvalue weighted by molar-refractivity contribution is -0.121. The number of fused-ring (bicyclic) bond motifs is 1. The van der Waals surface area contributed by atoms with E-state index in [2.05, 4.69) is 15.5 Å². The second-order valence-electron chi connectivity index (χ2n) is 5.94. The van der Waals surface area contributed by atoms with Crippen molar-refractivity contribution in [2.75, 3.05) is 7.11 Å². The number of hydrogen-bond donors (Lipinski definition) is 3. The van der Waals surface area contributed by atoms with Crippen LogP contribution in [0.4, 0.5) is 0 Å². The fraction of sp³-hybridized carbons (Fsp3) is 0.412. The molecule has 122 valence electrons. The molecule has 0 saturated carbocycles. The lowest BCUT2D eigenvalue weighted by atomic mass is 9.87. The summed E-state index contributed by atoms with van der Waals surface area (Å²) in [6, 6.07) is 5.97. The first-order chi connectivity index (χ1) is 11.1. The van der Waals surface area contributed by atoms with Crippen molar-refractivity contribution in [2.24, 2.45) is 0 Å². The highest BCUT2D eigenvalue weighted by atomic mass is 16.5. The van der Waals surface area contributed by atoms with Crippen molar-refractivity contribution in [3.05, 3.63) is 50.9 Å². The monoisotopic (exact) mass is 315 g/mol. The minimum Gasteiger partial charge on any atom is -0.497 e. The molecule has 0 radical (unpaired) electrons. The zero-order valence-electron chi connectivity index (χ0n) is 13.4. The van der Waals surface area contributed by atoms with E-state index in [-0.39, 0.29) is 23.9 Å². The summed E-state index contributed by atoms with van der Waals surface area (Å²) in [5.41, 5.74) is 3.33. The molecule has 1 aromatic heterocycles. The predicted octanol–water partition coefficient (Wildman–Crippen LogP) is 1.76. The first-order valence-corrected chi connectivity index (χ1v) is 7.80. The molecule has 2 aromatic rings. The van der Waals surface area contributed by atoms with E-state index in [1.807, 2.05) is 18.2 Å². The lowest BCUT2D eigenvalue weighted by Gasteiger charge is -2.26. The number of methoxy groups -OCH3 is 1. The standard InChI is InChI=1S/C17H21N3O3/c1-10-14(17(22)20-19-10)9-16(21)18-15-5-3-4-11-8-12(23-2)6-7-13(11)15/h6-8,15H,3-5,9H2,1-2H3,(H,18,21)(H2,19,20,22)/t15-/m1/s1. The molecule has 1 atom stereocenters. The van der Waals surface area contributed by atoms with Gasteiger partial charge < -0.3 is 15.2 Å². The molecule has 0 bridgehead atoms. The number of benzene rings is 1. The number of aryl methyl sites for hydroxylation is 2. The topological polar surface area (TPSA) is 87.0 Å². The number of rotatable bonds is 4. The molecule has 0 aliphatic heterocycles. The normalized spacial score (nSPS) is 16.7. The Morgan fingerprint density at radius 3 is 2.91 bits per heavy atom. The van der Waals surface area contributed by atoms with Gasteiger partial charge in [-0.15, -0.1) is 0 Å². The van der Waals surface area contributed by atoms with Crippen molar-refractivity contribution in [2.45, 2.75) is 38.6 Å². The van der Waals surface area contributed by atoms with Gasteiger partial charge in [-0.05, 0) is 49.4 Å². The molecule has 6 nitrogen and oxygen atoms in total. The van der Waals surface area contributed by atoms with Crippen LogP contribution in [-0.4, -0.2) is 23.2 Å². The minimum atomic E-state index is -0.230. The van der Waals surface area contributed by atoms with Crippen LogP contribution in [0.1, 0.15) is 41.3 Å². The van der Waals surface area contributed by atoms with Crippen LogP contribution >= 0.6 is 0 Å². The van der Waals surface area contributed by atoms with E-state index < -0.39 is 0 Å². The zero-order valence-corrected chi connectivity index (χ0v) is 13.4. The third-order valence-corrected chi connectivity index (χ3v) is 4.43. The van der Waals surface area contributed by atoms with Gasteiger partial charge in [0.05, 0.1) is 19.6 Å². The van der Waals surface area contributed by atoms with Gasteiger partial charge in [0.1, 0.15) is 5.75 Å². The molecule has 3 N–H and O–H groups in total. The molecule has 1 aliphatic rings. The fourth-order valence-corrected chi connectivity index (χ4v) is 3.16. The van der Waals surface area contributed by atoms with Gasteiger partial charge in [-0.25, -0.2) is 0 Å². The number of amides is 1. The summed E-state index contributed by atoms with van der Waals surface area (Å²) >= 11 is 0. The summed E-state index contributed by atoms with van der Waals surface area (Å²) < 4.78 is 5.26. The number of carbonyl (C=O) groups excluding carboxylic acids is 1. The van der Waals surface area contributed by atoms with Crippen LogP contribution in [0.25, 0.3) is 0 Å². The van der Waals surface area contributed by atoms with E-state index in [4.69, 9.17) is 4.74 Å². The SMILES string of the molecule is COc1ccc2c(c1)CCC[C@H]2NC(=O)Cc1c(C)[nH][nH]c1=O. The summed E-state index contributed by atoms with van der Waals surface area (Å²) in [7, 11) is 1.65. The molecule has 1 aromatic carbocycles. The summed E-state index contributed by atoms with van der Waals surface area (Å²) in [5, 5.41) is 8.30. The van der Waals surface area contributed by atoms with Crippen molar-refractivity contribution in [3.8, 4) is 5.75 Å². The Balaban J connectivity index is 1.74. The molecular formula is C17H21N3O3. The van der Waals surface area contributed by atoms with Crippen LogP contribution in [0.3, 0.4) is 0 Å². The molecule has 1 heterocycles. The third-order valence-electron chi connectivity index (χ3n) is 4.43. The molecule has 0 saturated heterocycles. The van der Waals surface area contributed by atoms with Crippen molar-refractivity contribution in [1.29, 1.82) is 0 Å². The van der Waals surface area contributed by atoms with E-state index in [9.17, 15) is 9.59 Å². The Hall–Kier alpha value is -2.50. The van der Waals surface area contributed by atoms with Crippen molar-refractivity contribution in [3.63, 3.8) is 0 Å². The summed E-state index contributed by atoms with van der Waals surface area (Å²) in [6.07, 6.45) is 3.02. The second-order valence-corrected chi connectivity index (χ2v) is 5.94. The number of ether oxygens (including phenoxy) is 1. The maximum absolute atomic E-state index is 12.3. The number of aromatic nitrogens is 2. The van der Waals surface area contributed by atoms with E-state index in [1.165, 1.54) is 5.56 Å². The van der Waals surface area contributed by atoms with Gasteiger partial charge in [0.25, 0.3) is 5.56 Å². The predicted molar refractivity (Wildman–Crippen MR) is 86.7 cm³/mol. The van der Waals surface area contributed by atoms with Crippen molar-refractivity contribution < 1.29 is 9.53 Å². The number of nitrogens with one attached hydrogen (secondary N) is 3. The van der Waals surface area contributed by atoms with Gasteiger partial charge in [-0.2, -0.15) is 0 Å². The smallest absolute Gasteiger partial charge is 0.267 e. The van der Waals surface area contributed by atoms with Gasteiger partial charge >= 0.3 is 0 Å². The average Bonchev–Trinajstić information content (AvgIpc) is 2.86. The largest absolute Gasteiger partial charge is 0.497 e. The maximum Gasteiger partial charge on any atom is 0.267 e. The number of carbonyl (C=O) groups is 1. The molecule has 3 rings (SSSR count). The number of hydrogen-bond acceptors (Lipinski definition) is 3. The van der Waals surface area contributed by atoms with Crippen molar-refractivity contribution in [1.82, 2.24) is 15.5 Å². The molecular weight excluding hydrogens is 294 g/mol. The Labute approximate surface area is 134 Å². The highest BCUT2D eigenvalue weighted by Gasteiger charge is 2.23. The van der Waals surface area contributed by atoms with E-state index in [0.29, 0.717) is 11.3 Å². The highest BCUT2D eigenvalue weighted by molar-refractivity contribution is 5.79. The zero-order chi connectivity index (χ0) is 16.4. The molecule has 1 amide bonds. The van der Waals surface area contributed by atoms with Gasteiger partial charge in [-0.1, -0.05) is 6.07 Å². The Kier molecular flexibility index (Phi) is 4.23. The molecule has 23 heavy (non-hydrogen) atoms. The highest BCUT2D eigenvalue weighted by Crippen LogP contribution is 2.32. The van der Waals surface area contributed by atoms with Gasteiger partial charge in [0, 0.05) is 11.3 Å². The maximum atomic E-state index is 12.3. The van der Waals surface area contributed by atoms with Crippen LogP contribution in [0, 0.1) is 6.92 Å². The third kappa shape index (κ3) is 3.16. The Morgan fingerprint density at radius 1 is 1.39 bits per heavy atom. The Bertz CT molecular complexity index is 776. The quantitative estimate of drug-likeness (QED) is 0.803. The molecule has 0 spiro atoms. The van der Waals surface area contributed by atoms with Crippen LogP contribution < -0.4 is 15.6 Å². The number of aromatic amines is 2. The van der Waals surface area contributed by atoms with Gasteiger partial charge in [0.15, 0.2) is 0 Å². The van der Waals surface area contributed by atoms with Crippen LogP contribution in [0.2, 0.25) is 0 Å². The van der Waals surface area contributed by atoms with Crippen LogP contribution in [0.5, 0.6) is 5.75 Å². The second kappa shape index (κ2) is 6.32. The molecule has 0 fully saturated rings. The minimum absolute atomic E-state index is 0.00418. The van der Waals surface area contributed by atoms with Crippen molar-refractivity contribution >= 4 is 5.91 Å². The lowest BCUT2D eigenvalue weighted by Crippen LogP contribution is -2.33. The van der Waals surface area contributed by atoms with Gasteiger partial charge in [-0.3, -0.25) is 14.7 Å². The fourth-order valence-electron chi connectivity index (χ4n) is 3.16. The molecule has 6 heteroatoms. The van der Waals surface area contributed by atoms with Crippen LogP contribution in [0.15, 0.2) is 23.0 Å². The average molecular weight is 315 g/mol. The van der Waals surface area contributed by atoms with E-state index in [0.717, 1.165) is 30.6 Å². The molecule has 0 unspecified atom stereocenters. The summed E-state index contributed by atoms with van der Waals surface area (Å²) in [4.78, 5) is 24.0. The van der Waals surface area contributed by atoms with E-state index in [1.54, 1.807) is 14.0 Å².